The lowest BCUT2D eigenvalue weighted by molar-refractivity contribution is -0.127. The number of amides is 2. The van der Waals surface area contributed by atoms with Crippen LogP contribution in [-0.2, 0) is 22.6 Å². The smallest absolute Gasteiger partial charge is 0.408 e. The fourth-order valence-electron chi connectivity index (χ4n) is 4.01. The molecule has 1 heterocycles. The molecule has 2 atom stereocenters. The summed E-state index contributed by atoms with van der Waals surface area (Å²) in [7, 11) is 0. The van der Waals surface area contributed by atoms with Crippen LogP contribution in [0.2, 0.25) is 0 Å². The van der Waals surface area contributed by atoms with Crippen LogP contribution in [0.15, 0.2) is 91.1 Å². The summed E-state index contributed by atoms with van der Waals surface area (Å²) in [5.74, 6) is -0.286. The minimum atomic E-state index is -1.23. The van der Waals surface area contributed by atoms with E-state index < -0.39 is 11.6 Å². The highest BCUT2D eigenvalue weighted by Gasteiger charge is 2.37. The Kier molecular flexibility index (Phi) is 6.97. The Morgan fingerprint density at radius 1 is 0.941 bits per heavy atom. The highest BCUT2D eigenvalue weighted by molar-refractivity contribution is 5.91. The van der Waals surface area contributed by atoms with Crippen LogP contribution >= 0.6 is 0 Å². The molecule has 0 saturated carbocycles. The SMILES string of the molecule is C[C@H](NC(=O)[C@@](C)(Cc1c[nH]c2ccccc12)NC(=O)OCc1ccccc1)c1ccccc1. The van der Waals surface area contributed by atoms with E-state index in [1.807, 2.05) is 98.0 Å². The molecule has 0 aliphatic rings. The summed E-state index contributed by atoms with van der Waals surface area (Å²) in [6.45, 7) is 3.77. The number of hydrogen-bond donors (Lipinski definition) is 3. The first kappa shape index (κ1) is 23.1. The third kappa shape index (κ3) is 5.46. The van der Waals surface area contributed by atoms with Crippen LogP contribution in [0.5, 0.6) is 0 Å². The Balaban J connectivity index is 1.54. The molecule has 0 radical (unpaired) electrons. The van der Waals surface area contributed by atoms with E-state index in [4.69, 9.17) is 4.74 Å². The molecule has 2 amide bonds. The van der Waals surface area contributed by atoms with E-state index in [9.17, 15) is 9.59 Å². The van der Waals surface area contributed by atoms with Crippen molar-refractivity contribution in [3.05, 3.63) is 108 Å². The van der Waals surface area contributed by atoms with Crippen LogP contribution < -0.4 is 10.6 Å². The second-order valence-electron chi connectivity index (χ2n) is 8.66. The van der Waals surface area contributed by atoms with Gasteiger partial charge in [-0.3, -0.25) is 4.79 Å². The predicted octanol–water partition coefficient (Wildman–Crippen LogP) is 5.27. The first-order valence-corrected chi connectivity index (χ1v) is 11.3. The molecule has 1 aromatic heterocycles. The Hall–Kier alpha value is -4.06. The summed E-state index contributed by atoms with van der Waals surface area (Å²) in [5.41, 5.74) is 2.53. The van der Waals surface area contributed by atoms with Crippen molar-refractivity contribution in [1.82, 2.24) is 15.6 Å². The largest absolute Gasteiger partial charge is 0.445 e. The summed E-state index contributed by atoms with van der Waals surface area (Å²) < 4.78 is 5.43. The van der Waals surface area contributed by atoms with Crippen molar-refractivity contribution in [3.8, 4) is 0 Å². The number of benzene rings is 3. The number of carbonyl (C=O) groups excluding carboxylic acids is 2. The minimum absolute atomic E-state index is 0.123. The molecule has 174 valence electrons. The molecule has 34 heavy (non-hydrogen) atoms. The van der Waals surface area contributed by atoms with Crippen molar-refractivity contribution in [3.63, 3.8) is 0 Å². The zero-order valence-corrected chi connectivity index (χ0v) is 19.4. The van der Waals surface area contributed by atoms with Crippen LogP contribution in [0.3, 0.4) is 0 Å². The molecular weight excluding hydrogens is 426 g/mol. The van der Waals surface area contributed by atoms with Crippen LogP contribution in [0.25, 0.3) is 10.9 Å². The summed E-state index contributed by atoms with van der Waals surface area (Å²) >= 11 is 0. The summed E-state index contributed by atoms with van der Waals surface area (Å²) in [4.78, 5) is 29.5. The van der Waals surface area contributed by atoms with Crippen LogP contribution in [0, 0.1) is 0 Å². The number of hydrogen-bond acceptors (Lipinski definition) is 3. The fraction of sp³-hybridized carbons (Fsp3) is 0.214. The molecule has 0 unspecified atom stereocenters. The maximum absolute atomic E-state index is 13.5. The van der Waals surface area contributed by atoms with Gasteiger partial charge in [-0.1, -0.05) is 78.9 Å². The maximum Gasteiger partial charge on any atom is 0.408 e. The van der Waals surface area contributed by atoms with Gasteiger partial charge in [0.1, 0.15) is 12.1 Å². The number of para-hydroxylation sites is 1. The van der Waals surface area contributed by atoms with Crippen LogP contribution in [0.1, 0.15) is 36.6 Å². The van der Waals surface area contributed by atoms with Crippen LogP contribution in [0.4, 0.5) is 4.79 Å². The summed E-state index contributed by atoms with van der Waals surface area (Å²) in [6.07, 6.45) is 1.53. The van der Waals surface area contributed by atoms with Crippen molar-refractivity contribution < 1.29 is 14.3 Å². The summed E-state index contributed by atoms with van der Waals surface area (Å²) in [5, 5.41) is 6.90. The number of nitrogens with one attached hydrogen (secondary N) is 3. The molecule has 0 saturated heterocycles. The Morgan fingerprint density at radius 2 is 1.59 bits per heavy atom. The summed E-state index contributed by atoms with van der Waals surface area (Å²) in [6, 6.07) is 26.8. The van der Waals surface area contributed by atoms with E-state index in [2.05, 4.69) is 15.6 Å². The molecule has 3 N–H and O–H groups in total. The van der Waals surface area contributed by atoms with Gasteiger partial charge in [0.25, 0.3) is 0 Å². The number of H-pyrrole nitrogens is 1. The third-order valence-electron chi connectivity index (χ3n) is 5.96. The number of aromatic nitrogens is 1. The lowest BCUT2D eigenvalue weighted by Gasteiger charge is -2.31. The number of ether oxygens (including phenoxy) is 1. The molecule has 6 heteroatoms. The first-order valence-electron chi connectivity index (χ1n) is 11.3. The molecule has 0 bridgehead atoms. The van der Waals surface area contributed by atoms with Gasteiger partial charge < -0.3 is 20.4 Å². The van der Waals surface area contributed by atoms with E-state index in [1.165, 1.54) is 0 Å². The standard InChI is InChI=1S/C28H29N3O3/c1-20(22-13-7-4-8-14-22)30-26(32)28(2,17-23-18-29-25-16-10-9-15-24(23)25)31-27(33)34-19-21-11-5-3-6-12-21/h3-16,18,20,29H,17,19H2,1-2H3,(H,30,32)(H,31,33)/t20-,28+/m0/s1. The van der Waals surface area contributed by atoms with Gasteiger partial charge in [-0.15, -0.1) is 0 Å². The topological polar surface area (TPSA) is 83.2 Å². The number of rotatable bonds is 8. The first-order chi connectivity index (χ1) is 16.4. The predicted molar refractivity (Wildman–Crippen MR) is 133 cm³/mol. The van der Waals surface area contributed by atoms with Crippen molar-refractivity contribution in [2.45, 2.75) is 38.5 Å². The quantitative estimate of drug-likeness (QED) is 0.338. The maximum atomic E-state index is 13.5. The average molecular weight is 456 g/mol. The van der Waals surface area contributed by atoms with Gasteiger partial charge >= 0.3 is 6.09 Å². The van der Waals surface area contributed by atoms with Crippen molar-refractivity contribution in [2.75, 3.05) is 0 Å². The second-order valence-corrected chi connectivity index (χ2v) is 8.66. The molecule has 0 fully saturated rings. The molecule has 6 nitrogen and oxygen atoms in total. The van der Waals surface area contributed by atoms with Crippen LogP contribution in [-0.4, -0.2) is 22.5 Å². The van der Waals surface area contributed by atoms with Gasteiger partial charge in [0.05, 0.1) is 6.04 Å². The number of fused-ring (bicyclic) bond motifs is 1. The van der Waals surface area contributed by atoms with Gasteiger partial charge in [0, 0.05) is 23.5 Å². The molecule has 0 aliphatic heterocycles. The van der Waals surface area contributed by atoms with Crippen molar-refractivity contribution in [1.29, 1.82) is 0 Å². The van der Waals surface area contributed by atoms with Gasteiger partial charge in [-0.25, -0.2) is 4.79 Å². The zero-order valence-electron chi connectivity index (χ0n) is 19.4. The monoisotopic (exact) mass is 455 g/mol. The Morgan fingerprint density at radius 3 is 2.32 bits per heavy atom. The van der Waals surface area contributed by atoms with Gasteiger partial charge in [0.15, 0.2) is 0 Å². The molecule has 4 rings (SSSR count). The Labute approximate surface area is 199 Å². The highest BCUT2D eigenvalue weighted by Crippen LogP contribution is 2.24. The zero-order chi connectivity index (χ0) is 24.0. The van der Waals surface area contributed by atoms with Gasteiger partial charge in [-0.2, -0.15) is 0 Å². The molecule has 3 aromatic carbocycles. The van der Waals surface area contributed by atoms with Crippen molar-refractivity contribution >= 4 is 22.9 Å². The molecule has 4 aromatic rings. The third-order valence-corrected chi connectivity index (χ3v) is 5.96. The molecule has 0 aliphatic carbocycles. The molecular formula is C28H29N3O3. The van der Waals surface area contributed by atoms with Gasteiger partial charge in [0.2, 0.25) is 5.91 Å². The molecule has 0 spiro atoms. The van der Waals surface area contributed by atoms with E-state index in [0.717, 1.165) is 27.6 Å². The Bertz CT molecular complexity index is 1250. The van der Waals surface area contributed by atoms with E-state index >= 15 is 0 Å². The normalized spacial score (nSPS) is 13.6. The van der Waals surface area contributed by atoms with E-state index in [0.29, 0.717) is 6.42 Å². The lowest BCUT2D eigenvalue weighted by Crippen LogP contribution is -2.58. The average Bonchev–Trinajstić information content (AvgIpc) is 3.26. The van der Waals surface area contributed by atoms with E-state index in [1.54, 1.807) is 6.92 Å². The van der Waals surface area contributed by atoms with Crippen molar-refractivity contribution in [2.24, 2.45) is 0 Å². The minimum Gasteiger partial charge on any atom is -0.445 e. The van der Waals surface area contributed by atoms with E-state index in [-0.39, 0.29) is 18.6 Å². The van der Waals surface area contributed by atoms with Gasteiger partial charge in [-0.05, 0) is 36.6 Å². The number of carbonyl (C=O) groups is 2. The highest BCUT2D eigenvalue weighted by atomic mass is 16.5. The second kappa shape index (κ2) is 10.3. The fourth-order valence-corrected chi connectivity index (χ4v) is 4.01. The number of alkyl carbamates (subject to hydrolysis) is 1. The lowest BCUT2D eigenvalue weighted by atomic mass is 9.91. The number of aromatic amines is 1.